The standard InChI is InChI=1S/C16H15N3O4/c1-10-5-13(17-11(2)21)8-14(6-10)18-15-4-3-12(9-20)7-16(15)19(22)23/h3-9,18H,1-2H3,(H,17,21). The number of carbonyl (C=O) groups excluding carboxylic acids is 2. The predicted octanol–water partition coefficient (Wildman–Crippen LogP) is 3.42. The van der Waals surface area contributed by atoms with E-state index in [1.807, 2.05) is 6.92 Å². The summed E-state index contributed by atoms with van der Waals surface area (Å²) < 4.78 is 0. The maximum absolute atomic E-state index is 11.2. The number of nitrogens with one attached hydrogen (secondary N) is 2. The van der Waals surface area contributed by atoms with Gasteiger partial charge in [0.05, 0.1) is 4.92 Å². The number of aryl methyl sites for hydroxylation is 1. The van der Waals surface area contributed by atoms with Gasteiger partial charge in [-0.15, -0.1) is 0 Å². The molecule has 118 valence electrons. The van der Waals surface area contributed by atoms with Crippen molar-refractivity contribution in [2.24, 2.45) is 0 Å². The van der Waals surface area contributed by atoms with Gasteiger partial charge in [-0.2, -0.15) is 0 Å². The Morgan fingerprint density at radius 2 is 1.87 bits per heavy atom. The summed E-state index contributed by atoms with van der Waals surface area (Å²) in [6.07, 6.45) is 0.554. The normalized spacial score (nSPS) is 10.0. The summed E-state index contributed by atoms with van der Waals surface area (Å²) in [7, 11) is 0. The summed E-state index contributed by atoms with van der Waals surface area (Å²) in [5.74, 6) is -0.206. The molecule has 2 aromatic rings. The van der Waals surface area contributed by atoms with Crippen molar-refractivity contribution >= 4 is 34.9 Å². The van der Waals surface area contributed by atoms with E-state index < -0.39 is 4.92 Å². The largest absolute Gasteiger partial charge is 0.350 e. The highest BCUT2D eigenvalue weighted by Crippen LogP contribution is 2.30. The zero-order valence-corrected chi connectivity index (χ0v) is 12.6. The van der Waals surface area contributed by atoms with E-state index in [2.05, 4.69) is 10.6 Å². The van der Waals surface area contributed by atoms with Gasteiger partial charge in [-0.1, -0.05) is 0 Å². The van der Waals surface area contributed by atoms with E-state index in [9.17, 15) is 19.7 Å². The van der Waals surface area contributed by atoms with Gasteiger partial charge in [0.15, 0.2) is 0 Å². The molecule has 2 aromatic carbocycles. The second-order valence-corrected chi connectivity index (χ2v) is 5.05. The van der Waals surface area contributed by atoms with Crippen molar-refractivity contribution in [3.05, 3.63) is 57.6 Å². The molecule has 7 heteroatoms. The lowest BCUT2D eigenvalue weighted by Gasteiger charge is -2.11. The van der Waals surface area contributed by atoms with Crippen molar-refractivity contribution in [3.63, 3.8) is 0 Å². The Labute approximate surface area is 132 Å². The monoisotopic (exact) mass is 313 g/mol. The third-order valence-corrected chi connectivity index (χ3v) is 3.03. The second kappa shape index (κ2) is 6.69. The van der Waals surface area contributed by atoms with Gasteiger partial charge in [0.25, 0.3) is 5.69 Å². The number of hydrogen-bond donors (Lipinski definition) is 2. The summed E-state index contributed by atoms with van der Waals surface area (Å²) >= 11 is 0. The van der Waals surface area contributed by atoms with Crippen molar-refractivity contribution in [3.8, 4) is 0 Å². The number of nitro benzene ring substituents is 1. The number of nitrogens with zero attached hydrogens (tertiary/aromatic N) is 1. The number of nitro groups is 1. The molecule has 0 bridgehead atoms. The SMILES string of the molecule is CC(=O)Nc1cc(C)cc(Nc2ccc(C=O)cc2[N+](=O)[O-])c1. The molecule has 0 radical (unpaired) electrons. The Hall–Kier alpha value is -3.22. The van der Waals surface area contributed by atoms with Crippen LogP contribution in [0.25, 0.3) is 0 Å². The summed E-state index contributed by atoms with van der Waals surface area (Å²) in [6, 6.07) is 9.43. The Bertz CT molecular complexity index is 787. The third-order valence-electron chi connectivity index (χ3n) is 3.03. The summed E-state index contributed by atoms with van der Waals surface area (Å²) in [5, 5.41) is 16.8. The van der Waals surface area contributed by atoms with Crippen LogP contribution in [-0.2, 0) is 4.79 Å². The van der Waals surface area contributed by atoms with E-state index in [0.717, 1.165) is 5.56 Å². The molecule has 0 aliphatic rings. The van der Waals surface area contributed by atoms with Gasteiger partial charge in [0.2, 0.25) is 5.91 Å². The lowest BCUT2D eigenvalue weighted by Crippen LogP contribution is -2.06. The number of anilines is 3. The van der Waals surface area contributed by atoms with Gasteiger partial charge in [-0.25, -0.2) is 0 Å². The Morgan fingerprint density at radius 1 is 1.17 bits per heavy atom. The Morgan fingerprint density at radius 3 is 2.48 bits per heavy atom. The van der Waals surface area contributed by atoms with E-state index >= 15 is 0 Å². The molecule has 0 heterocycles. The highest BCUT2D eigenvalue weighted by atomic mass is 16.6. The van der Waals surface area contributed by atoms with Crippen LogP contribution < -0.4 is 10.6 Å². The van der Waals surface area contributed by atoms with Crippen LogP contribution in [0.4, 0.5) is 22.7 Å². The number of benzene rings is 2. The van der Waals surface area contributed by atoms with E-state index in [-0.39, 0.29) is 22.8 Å². The van der Waals surface area contributed by atoms with E-state index in [1.165, 1.54) is 25.1 Å². The van der Waals surface area contributed by atoms with Crippen molar-refractivity contribution in [2.75, 3.05) is 10.6 Å². The molecule has 2 rings (SSSR count). The van der Waals surface area contributed by atoms with Gasteiger partial charge in [0, 0.05) is 29.9 Å². The number of aldehydes is 1. The van der Waals surface area contributed by atoms with Crippen LogP contribution in [0, 0.1) is 17.0 Å². The first-order valence-corrected chi connectivity index (χ1v) is 6.79. The van der Waals surface area contributed by atoms with Gasteiger partial charge in [-0.3, -0.25) is 19.7 Å². The van der Waals surface area contributed by atoms with E-state index in [1.54, 1.807) is 18.2 Å². The minimum absolute atomic E-state index is 0.197. The minimum atomic E-state index is -0.556. The van der Waals surface area contributed by atoms with Crippen molar-refractivity contribution in [1.29, 1.82) is 0 Å². The highest BCUT2D eigenvalue weighted by Gasteiger charge is 2.15. The smallest absolute Gasteiger partial charge is 0.293 e. The average molecular weight is 313 g/mol. The fourth-order valence-corrected chi connectivity index (χ4v) is 2.16. The molecule has 0 unspecified atom stereocenters. The van der Waals surface area contributed by atoms with Gasteiger partial charge in [-0.05, 0) is 42.8 Å². The van der Waals surface area contributed by atoms with Crippen LogP contribution in [0.5, 0.6) is 0 Å². The maximum Gasteiger partial charge on any atom is 0.293 e. The van der Waals surface area contributed by atoms with Gasteiger partial charge < -0.3 is 10.6 Å². The minimum Gasteiger partial charge on any atom is -0.350 e. The van der Waals surface area contributed by atoms with Crippen molar-refractivity contribution < 1.29 is 14.5 Å². The number of carbonyl (C=O) groups is 2. The second-order valence-electron chi connectivity index (χ2n) is 5.05. The van der Waals surface area contributed by atoms with Crippen LogP contribution in [0.2, 0.25) is 0 Å². The first-order chi connectivity index (χ1) is 10.9. The molecule has 1 amide bonds. The maximum atomic E-state index is 11.2. The van der Waals surface area contributed by atoms with E-state index in [0.29, 0.717) is 17.7 Å². The summed E-state index contributed by atoms with van der Waals surface area (Å²) in [4.78, 5) is 32.5. The molecule has 2 N–H and O–H groups in total. The summed E-state index contributed by atoms with van der Waals surface area (Å²) in [6.45, 7) is 3.25. The molecule has 7 nitrogen and oxygen atoms in total. The third kappa shape index (κ3) is 4.13. The van der Waals surface area contributed by atoms with Crippen LogP contribution in [0.1, 0.15) is 22.8 Å². The Kier molecular flexibility index (Phi) is 4.70. The number of amides is 1. The lowest BCUT2D eigenvalue weighted by atomic mass is 10.1. The molecular weight excluding hydrogens is 298 g/mol. The number of rotatable bonds is 5. The topological polar surface area (TPSA) is 101 Å². The fraction of sp³-hybridized carbons (Fsp3) is 0.125. The molecule has 23 heavy (non-hydrogen) atoms. The van der Waals surface area contributed by atoms with Crippen LogP contribution in [0.15, 0.2) is 36.4 Å². The molecule has 0 fully saturated rings. The highest BCUT2D eigenvalue weighted by molar-refractivity contribution is 5.90. The molecule has 0 aromatic heterocycles. The van der Waals surface area contributed by atoms with Crippen LogP contribution in [0.3, 0.4) is 0 Å². The quantitative estimate of drug-likeness (QED) is 0.500. The zero-order chi connectivity index (χ0) is 17.0. The Balaban J connectivity index is 2.39. The first kappa shape index (κ1) is 16.2. The molecule has 0 atom stereocenters. The van der Waals surface area contributed by atoms with Crippen molar-refractivity contribution in [2.45, 2.75) is 13.8 Å². The molecule has 0 spiro atoms. The predicted molar refractivity (Wildman–Crippen MR) is 87.2 cm³/mol. The molecule has 0 saturated heterocycles. The van der Waals surface area contributed by atoms with Gasteiger partial charge in [0.1, 0.15) is 12.0 Å². The van der Waals surface area contributed by atoms with Crippen LogP contribution >= 0.6 is 0 Å². The average Bonchev–Trinajstić information content (AvgIpc) is 2.46. The van der Waals surface area contributed by atoms with E-state index in [4.69, 9.17) is 0 Å². The lowest BCUT2D eigenvalue weighted by molar-refractivity contribution is -0.383. The fourth-order valence-electron chi connectivity index (χ4n) is 2.16. The van der Waals surface area contributed by atoms with Gasteiger partial charge >= 0.3 is 0 Å². The molecule has 0 aliphatic carbocycles. The summed E-state index contributed by atoms with van der Waals surface area (Å²) in [5.41, 5.74) is 2.36. The number of hydrogen-bond acceptors (Lipinski definition) is 5. The molecule has 0 aliphatic heterocycles. The molecular formula is C16H15N3O4. The zero-order valence-electron chi connectivity index (χ0n) is 12.6. The molecule has 0 saturated carbocycles. The first-order valence-electron chi connectivity index (χ1n) is 6.79. The van der Waals surface area contributed by atoms with Crippen molar-refractivity contribution in [1.82, 2.24) is 0 Å². The van der Waals surface area contributed by atoms with Crippen LogP contribution in [-0.4, -0.2) is 17.1 Å².